The number of hydrogen-bond acceptors (Lipinski definition) is 4. The summed E-state index contributed by atoms with van der Waals surface area (Å²) >= 11 is 1.55. The quantitative estimate of drug-likeness (QED) is 0.892. The van der Waals surface area contributed by atoms with Gasteiger partial charge in [0.2, 0.25) is 0 Å². The van der Waals surface area contributed by atoms with E-state index in [1.807, 2.05) is 38.3 Å². The zero-order valence-corrected chi connectivity index (χ0v) is 10.5. The molecule has 0 aliphatic heterocycles. The van der Waals surface area contributed by atoms with E-state index in [9.17, 15) is 5.11 Å². The maximum absolute atomic E-state index is 9.27. The molecular formula is C12H15NO2S. The molecule has 0 aliphatic rings. The van der Waals surface area contributed by atoms with E-state index in [0.29, 0.717) is 0 Å². The SMILES string of the molecule is Cc1ccc(-c2csc(C(C)(C)CO)n2)o1. The number of thiazole rings is 1. The molecule has 0 aromatic carbocycles. The first-order valence-electron chi connectivity index (χ1n) is 5.16. The Kier molecular flexibility index (Phi) is 2.86. The van der Waals surface area contributed by atoms with Gasteiger partial charge in [-0.2, -0.15) is 0 Å². The lowest BCUT2D eigenvalue weighted by atomic mass is 9.96. The Hall–Kier alpha value is -1.13. The van der Waals surface area contributed by atoms with Crippen LogP contribution >= 0.6 is 11.3 Å². The number of aliphatic hydroxyl groups is 1. The van der Waals surface area contributed by atoms with Gasteiger partial charge in [0, 0.05) is 10.8 Å². The highest BCUT2D eigenvalue weighted by Gasteiger charge is 2.24. The van der Waals surface area contributed by atoms with E-state index in [-0.39, 0.29) is 12.0 Å². The van der Waals surface area contributed by atoms with Crippen LogP contribution in [-0.4, -0.2) is 16.7 Å². The first-order chi connectivity index (χ1) is 7.53. The molecule has 2 aromatic rings. The van der Waals surface area contributed by atoms with Crippen molar-refractivity contribution in [2.45, 2.75) is 26.2 Å². The molecule has 0 atom stereocenters. The standard InChI is InChI=1S/C12H15NO2S/c1-8-4-5-10(15-8)9-6-16-11(13-9)12(2,3)7-14/h4-6,14H,7H2,1-3H3. The monoisotopic (exact) mass is 237 g/mol. The van der Waals surface area contributed by atoms with Gasteiger partial charge >= 0.3 is 0 Å². The van der Waals surface area contributed by atoms with Gasteiger partial charge in [-0.1, -0.05) is 13.8 Å². The summed E-state index contributed by atoms with van der Waals surface area (Å²) in [6.07, 6.45) is 0. The lowest BCUT2D eigenvalue weighted by Crippen LogP contribution is -2.21. The average Bonchev–Trinajstić information content (AvgIpc) is 2.85. The molecule has 4 heteroatoms. The summed E-state index contributed by atoms with van der Waals surface area (Å²) in [5.74, 6) is 1.67. The number of furan rings is 1. The highest BCUT2D eigenvalue weighted by molar-refractivity contribution is 7.10. The van der Waals surface area contributed by atoms with Crippen molar-refractivity contribution in [3.8, 4) is 11.5 Å². The minimum atomic E-state index is -0.287. The number of rotatable bonds is 3. The van der Waals surface area contributed by atoms with Crippen molar-refractivity contribution in [1.82, 2.24) is 4.98 Å². The van der Waals surface area contributed by atoms with Crippen LogP contribution in [0.25, 0.3) is 11.5 Å². The molecule has 2 aromatic heterocycles. The fourth-order valence-electron chi connectivity index (χ4n) is 1.34. The molecule has 16 heavy (non-hydrogen) atoms. The molecule has 0 bridgehead atoms. The Morgan fingerprint density at radius 2 is 2.19 bits per heavy atom. The van der Waals surface area contributed by atoms with Gasteiger partial charge in [-0.25, -0.2) is 4.98 Å². The molecule has 0 radical (unpaired) electrons. The second-order valence-corrected chi connectivity index (χ2v) is 5.35. The number of aromatic nitrogens is 1. The highest BCUT2D eigenvalue weighted by Crippen LogP contribution is 2.30. The van der Waals surface area contributed by atoms with Crippen LogP contribution in [0.5, 0.6) is 0 Å². The van der Waals surface area contributed by atoms with E-state index < -0.39 is 0 Å². The molecule has 1 N–H and O–H groups in total. The zero-order valence-electron chi connectivity index (χ0n) is 9.65. The molecule has 0 unspecified atom stereocenters. The number of aliphatic hydroxyl groups excluding tert-OH is 1. The van der Waals surface area contributed by atoms with Gasteiger partial charge in [0.05, 0.1) is 6.61 Å². The fourth-order valence-corrected chi connectivity index (χ4v) is 2.26. The Morgan fingerprint density at radius 3 is 2.75 bits per heavy atom. The van der Waals surface area contributed by atoms with Gasteiger partial charge in [0.1, 0.15) is 16.5 Å². The normalized spacial score (nSPS) is 12.0. The van der Waals surface area contributed by atoms with Gasteiger partial charge in [-0.05, 0) is 19.1 Å². The van der Waals surface area contributed by atoms with E-state index in [1.54, 1.807) is 11.3 Å². The summed E-state index contributed by atoms with van der Waals surface area (Å²) in [6.45, 7) is 5.96. The largest absolute Gasteiger partial charge is 0.460 e. The minimum absolute atomic E-state index is 0.0944. The van der Waals surface area contributed by atoms with Crippen LogP contribution in [-0.2, 0) is 5.41 Å². The second kappa shape index (κ2) is 4.03. The average molecular weight is 237 g/mol. The van der Waals surface area contributed by atoms with E-state index in [4.69, 9.17) is 4.42 Å². The van der Waals surface area contributed by atoms with Crippen LogP contribution < -0.4 is 0 Å². The first-order valence-corrected chi connectivity index (χ1v) is 6.04. The van der Waals surface area contributed by atoms with Crippen molar-refractivity contribution in [3.63, 3.8) is 0 Å². The lowest BCUT2D eigenvalue weighted by molar-refractivity contribution is 0.218. The predicted octanol–water partition coefficient (Wildman–Crippen LogP) is 2.98. The van der Waals surface area contributed by atoms with Crippen molar-refractivity contribution in [2.75, 3.05) is 6.61 Å². The molecule has 0 saturated heterocycles. The molecular weight excluding hydrogens is 222 g/mol. The maximum atomic E-state index is 9.27. The number of hydrogen-bond donors (Lipinski definition) is 1. The summed E-state index contributed by atoms with van der Waals surface area (Å²) in [5.41, 5.74) is 0.555. The van der Waals surface area contributed by atoms with Gasteiger partial charge in [0.25, 0.3) is 0 Å². The van der Waals surface area contributed by atoms with E-state index >= 15 is 0 Å². The van der Waals surface area contributed by atoms with Crippen LogP contribution in [0.4, 0.5) is 0 Å². The predicted molar refractivity (Wildman–Crippen MR) is 64.7 cm³/mol. The van der Waals surface area contributed by atoms with E-state index in [1.165, 1.54) is 0 Å². The summed E-state index contributed by atoms with van der Waals surface area (Å²) in [6, 6.07) is 3.84. The van der Waals surface area contributed by atoms with Crippen LogP contribution in [0.15, 0.2) is 21.9 Å². The minimum Gasteiger partial charge on any atom is -0.460 e. The van der Waals surface area contributed by atoms with Gasteiger partial charge in [-0.3, -0.25) is 0 Å². The lowest BCUT2D eigenvalue weighted by Gasteiger charge is -2.17. The van der Waals surface area contributed by atoms with E-state index in [0.717, 1.165) is 22.2 Å². The second-order valence-electron chi connectivity index (χ2n) is 4.49. The Balaban J connectivity index is 2.33. The van der Waals surface area contributed by atoms with Crippen LogP contribution in [0.1, 0.15) is 24.6 Å². The maximum Gasteiger partial charge on any atom is 0.153 e. The molecule has 2 heterocycles. The number of nitrogens with zero attached hydrogens (tertiary/aromatic N) is 1. The van der Waals surface area contributed by atoms with Crippen molar-refractivity contribution in [3.05, 3.63) is 28.3 Å². The van der Waals surface area contributed by atoms with Gasteiger partial charge in [-0.15, -0.1) is 11.3 Å². The molecule has 2 rings (SSSR count). The van der Waals surface area contributed by atoms with Crippen molar-refractivity contribution in [2.24, 2.45) is 0 Å². The topological polar surface area (TPSA) is 46.3 Å². The Labute approximate surface area is 98.8 Å². The number of aryl methyl sites for hydroxylation is 1. The summed E-state index contributed by atoms with van der Waals surface area (Å²) in [7, 11) is 0. The molecule has 0 fully saturated rings. The summed E-state index contributed by atoms with van der Waals surface area (Å²) in [5, 5.41) is 12.2. The molecule has 0 spiro atoms. The molecule has 86 valence electrons. The molecule has 0 saturated carbocycles. The summed E-state index contributed by atoms with van der Waals surface area (Å²) < 4.78 is 5.51. The molecule has 0 aliphatic carbocycles. The summed E-state index contributed by atoms with van der Waals surface area (Å²) in [4.78, 5) is 4.50. The van der Waals surface area contributed by atoms with Crippen molar-refractivity contribution >= 4 is 11.3 Å². The molecule has 3 nitrogen and oxygen atoms in total. The van der Waals surface area contributed by atoms with Crippen LogP contribution in [0.3, 0.4) is 0 Å². The Bertz CT molecular complexity index is 485. The highest BCUT2D eigenvalue weighted by atomic mass is 32.1. The third-order valence-corrected chi connectivity index (χ3v) is 3.68. The fraction of sp³-hybridized carbons (Fsp3) is 0.417. The van der Waals surface area contributed by atoms with Gasteiger partial charge < -0.3 is 9.52 Å². The van der Waals surface area contributed by atoms with Crippen molar-refractivity contribution < 1.29 is 9.52 Å². The Morgan fingerprint density at radius 1 is 1.44 bits per heavy atom. The van der Waals surface area contributed by atoms with Gasteiger partial charge in [0.15, 0.2) is 5.76 Å². The van der Waals surface area contributed by atoms with E-state index in [2.05, 4.69) is 4.98 Å². The third-order valence-electron chi connectivity index (χ3n) is 2.47. The first kappa shape index (κ1) is 11.4. The van der Waals surface area contributed by atoms with Crippen LogP contribution in [0, 0.1) is 6.92 Å². The van der Waals surface area contributed by atoms with Crippen LogP contribution in [0.2, 0.25) is 0 Å². The zero-order chi connectivity index (χ0) is 11.8. The third kappa shape index (κ3) is 2.03. The van der Waals surface area contributed by atoms with Crippen molar-refractivity contribution in [1.29, 1.82) is 0 Å². The molecule has 0 amide bonds. The smallest absolute Gasteiger partial charge is 0.153 e.